The maximum atomic E-state index is 15.8. The van der Waals surface area contributed by atoms with Crippen LogP contribution in [0.4, 0.5) is 71.8 Å². The van der Waals surface area contributed by atoms with E-state index in [0.29, 0.717) is 45.4 Å². The number of fused-ring (bicyclic) bond motifs is 4. The van der Waals surface area contributed by atoms with Crippen LogP contribution in [0.1, 0.15) is 52.6 Å². The number of amides is 4. The van der Waals surface area contributed by atoms with E-state index in [0.717, 1.165) is 56.4 Å². The van der Waals surface area contributed by atoms with Crippen LogP contribution in [0.2, 0.25) is 0 Å². The zero-order valence-electron chi connectivity index (χ0n) is 40.1. The standard InChI is InChI=1S/C63H38F6N4O4/c64-62(65,66)61(63(67,68)69,41-25-35-51-53(37-41)59(76)72(57(51)74)47-31-27-45(28-32-47)70(43-17-3-1-4-18-43)55-23-11-15-39-13-7-9-21-49(39)55)42-26-36-52-54(38-42)60(77)73(58(52)75)48-33-29-46(30-34-48)71(44-19-5-2-6-20-44)56-24-12-16-40-14-8-10-22-50(40)56/h1-38H. The second kappa shape index (κ2) is 18.2. The first-order valence-electron chi connectivity index (χ1n) is 24.2. The van der Waals surface area contributed by atoms with Crippen molar-refractivity contribution in [3.8, 4) is 0 Å². The molecule has 14 heteroatoms. The normalized spacial score (nSPS) is 13.6. The van der Waals surface area contributed by atoms with Gasteiger partial charge in [-0.25, -0.2) is 9.80 Å². The number of hydrogen-bond acceptors (Lipinski definition) is 6. The highest BCUT2D eigenvalue weighted by Crippen LogP contribution is 2.57. The first-order valence-corrected chi connectivity index (χ1v) is 24.2. The van der Waals surface area contributed by atoms with Crippen molar-refractivity contribution in [2.45, 2.75) is 17.8 Å². The van der Waals surface area contributed by atoms with Gasteiger partial charge in [-0.15, -0.1) is 0 Å². The van der Waals surface area contributed by atoms with Crippen LogP contribution < -0.4 is 19.6 Å². The van der Waals surface area contributed by atoms with Gasteiger partial charge in [0, 0.05) is 33.5 Å². The molecule has 2 aliphatic rings. The molecule has 12 rings (SSSR count). The Hall–Kier alpha value is -9.82. The summed E-state index contributed by atoms with van der Waals surface area (Å²) in [5.74, 6) is -4.21. The molecule has 376 valence electrons. The molecule has 0 atom stereocenters. The number of halogens is 6. The fourth-order valence-electron chi connectivity index (χ4n) is 10.7. The second-order valence-electron chi connectivity index (χ2n) is 18.5. The number of alkyl halides is 6. The monoisotopic (exact) mass is 1030 g/mol. The highest BCUT2D eigenvalue weighted by Gasteiger charge is 2.73. The molecule has 10 aromatic carbocycles. The molecule has 0 bridgehead atoms. The minimum atomic E-state index is -6.15. The summed E-state index contributed by atoms with van der Waals surface area (Å²) in [5.41, 5.74) is -5.44. The molecule has 8 nitrogen and oxygen atoms in total. The van der Waals surface area contributed by atoms with Crippen molar-refractivity contribution in [3.05, 3.63) is 264 Å². The van der Waals surface area contributed by atoms with Crippen molar-refractivity contribution in [1.29, 1.82) is 0 Å². The maximum Gasteiger partial charge on any atom is 0.411 e. The summed E-state index contributed by atoms with van der Waals surface area (Å²) in [6.07, 6.45) is -12.3. The van der Waals surface area contributed by atoms with E-state index < -0.39 is 74.8 Å². The van der Waals surface area contributed by atoms with Gasteiger partial charge < -0.3 is 9.80 Å². The lowest BCUT2D eigenvalue weighted by molar-refractivity contribution is -0.288. The predicted molar refractivity (Wildman–Crippen MR) is 285 cm³/mol. The first-order chi connectivity index (χ1) is 37.2. The molecule has 2 aliphatic heterocycles. The zero-order valence-corrected chi connectivity index (χ0v) is 40.1. The molecule has 0 saturated carbocycles. The third-order valence-electron chi connectivity index (χ3n) is 14.3. The molecule has 0 aromatic heterocycles. The molecule has 77 heavy (non-hydrogen) atoms. The summed E-state index contributed by atoms with van der Waals surface area (Å²) in [4.78, 5) is 61.8. The first kappa shape index (κ1) is 48.1. The summed E-state index contributed by atoms with van der Waals surface area (Å²) < 4.78 is 94.8. The van der Waals surface area contributed by atoms with Gasteiger partial charge in [0.1, 0.15) is 0 Å². The van der Waals surface area contributed by atoms with E-state index in [2.05, 4.69) is 0 Å². The molecule has 0 aliphatic carbocycles. The van der Waals surface area contributed by atoms with E-state index in [1.54, 1.807) is 24.3 Å². The number of imide groups is 2. The number of anilines is 8. The topological polar surface area (TPSA) is 81.2 Å². The van der Waals surface area contributed by atoms with E-state index in [4.69, 9.17) is 0 Å². The van der Waals surface area contributed by atoms with E-state index >= 15 is 26.3 Å². The molecular formula is C63H38F6N4O4. The van der Waals surface area contributed by atoms with Crippen molar-refractivity contribution in [2.24, 2.45) is 0 Å². The SMILES string of the molecule is O=C1c2ccc(C(c3ccc4c(c3)C(=O)N(c3ccc(N(c5ccccc5)c5cccc6ccccc56)cc3)C4=O)(C(F)(F)F)C(F)(F)F)cc2C(=O)N1c1ccc(N(c2ccccc2)c2cccc3ccccc23)cc1. The van der Waals surface area contributed by atoms with Gasteiger partial charge >= 0.3 is 12.4 Å². The molecule has 0 fully saturated rings. The molecule has 0 N–H and O–H groups in total. The van der Waals surface area contributed by atoms with Gasteiger partial charge in [-0.2, -0.15) is 26.3 Å². The Morgan fingerprint density at radius 2 is 0.636 bits per heavy atom. The van der Waals surface area contributed by atoms with Crippen molar-refractivity contribution in [1.82, 2.24) is 0 Å². The minimum Gasteiger partial charge on any atom is -0.310 e. The lowest BCUT2D eigenvalue weighted by atomic mass is 9.71. The molecule has 0 spiro atoms. The fraction of sp³-hybridized carbons (Fsp3) is 0.0476. The molecule has 0 saturated heterocycles. The van der Waals surface area contributed by atoms with E-state index in [-0.39, 0.29) is 11.4 Å². The minimum absolute atomic E-state index is 0.0182. The Labute approximate surface area is 435 Å². The Balaban J connectivity index is 0.872. The largest absolute Gasteiger partial charge is 0.411 e. The van der Waals surface area contributed by atoms with Crippen LogP contribution in [0.15, 0.2) is 231 Å². The van der Waals surface area contributed by atoms with Gasteiger partial charge in [0.15, 0.2) is 0 Å². The van der Waals surface area contributed by atoms with E-state index in [9.17, 15) is 19.2 Å². The lowest BCUT2D eigenvalue weighted by Gasteiger charge is -2.38. The molecule has 2 heterocycles. The van der Waals surface area contributed by atoms with E-state index in [1.165, 1.54) is 24.3 Å². The summed E-state index contributed by atoms with van der Waals surface area (Å²) >= 11 is 0. The predicted octanol–water partition coefficient (Wildman–Crippen LogP) is 15.9. The summed E-state index contributed by atoms with van der Waals surface area (Å²) in [7, 11) is 0. The number of carbonyl (C=O) groups is 4. The number of hydrogen-bond donors (Lipinski definition) is 0. The van der Waals surface area contributed by atoms with Gasteiger partial charge in [-0.1, -0.05) is 121 Å². The Morgan fingerprint density at radius 1 is 0.312 bits per heavy atom. The smallest absolute Gasteiger partial charge is 0.310 e. The van der Waals surface area contributed by atoms with Gasteiger partial charge in [0.05, 0.1) is 45.0 Å². The number of carbonyl (C=O) groups excluding carboxylic acids is 4. The Bertz CT molecular complexity index is 3740. The molecule has 0 radical (unpaired) electrons. The van der Waals surface area contributed by atoms with Crippen molar-refractivity contribution in [3.63, 3.8) is 0 Å². The number of nitrogens with zero attached hydrogens (tertiary/aromatic N) is 4. The van der Waals surface area contributed by atoms with Crippen LogP contribution in [0.3, 0.4) is 0 Å². The van der Waals surface area contributed by atoms with Crippen LogP contribution in [0.25, 0.3) is 21.5 Å². The number of benzene rings is 10. The summed E-state index contributed by atoms with van der Waals surface area (Å²) in [5, 5.41) is 3.81. The number of rotatable bonds is 10. The van der Waals surface area contributed by atoms with E-state index in [1.807, 2.05) is 155 Å². The van der Waals surface area contributed by atoms with Crippen LogP contribution in [-0.4, -0.2) is 36.0 Å². The van der Waals surface area contributed by atoms with Crippen molar-refractivity contribution in [2.75, 3.05) is 19.6 Å². The van der Waals surface area contributed by atoms with Crippen LogP contribution in [0.5, 0.6) is 0 Å². The summed E-state index contributed by atoms with van der Waals surface area (Å²) in [6, 6.07) is 62.0. The fourth-order valence-corrected chi connectivity index (χ4v) is 10.7. The third kappa shape index (κ3) is 7.70. The quantitative estimate of drug-likeness (QED) is 0.100. The molecule has 10 aromatic rings. The van der Waals surface area contributed by atoms with Gasteiger partial charge in [0.2, 0.25) is 5.41 Å². The maximum absolute atomic E-state index is 15.8. The highest BCUT2D eigenvalue weighted by atomic mass is 19.4. The second-order valence-corrected chi connectivity index (χ2v) is 18.5. The highest BCUT2D eigenvalue weighted by molar-refractivity contribution is 6.35. The molecule has 0 unspecified atom stereocenters. The average Bonchev–Trinajstić information content (AvgIpc) is 4.00. The van der Waals surface area contributed by atoms with Crippen molar-refractivity contribution < 1.29 is 45.5 Å². The lowest BCUT2D eigenvalue weighted by Crippen LogP contribution is -2.55. The van der Waals surface area contributed by atoms with Crippen LogP contribution in [0, 0.1) is 0 Å². The molecule has 4 amide bonds. The number of para-hydroxylation sites is 2. The Kier molecular flexibility index (Phi) is 11.4. The molecular weight excluding hydrogens is 991 g/mol. The zero-order chi connectivity index (χ0) is 53.4. The average molecular weight is 1030 g/mol. The van der Waals surface area contributed by atoms with Gasteiger partial charge in [-0.3, -0.25) is 19.2 Å². The van der Waals surface area contributed by atoms with Gasteiger partial charge in [0.25, 0.3) is 23.6 Å². The van der Waals surface area contributed by atoms with Crippen LogP contribution >= 0.6 is 0 Å². The summed E-state index contributed by atoms with van der Waals surface area (Å²) in [6.45, 7) is 0. The van der Waals surface area contributed by atoms with Crippen LogP contribution in [-0.2, 0) is 5.41 Å². The van der Waals surface area contributed by atoms with Gasteiger partial charge in [-0.05, 0) is 131 Å². The van der Waals surface area contributed by atoms with Crippen molar-refractivity contribution >= 4 is 90.7 Å². The third-order valence-corrected chi connectivity index (χ3v) is 14.3. The Morgan fingerprint density at radius 3 is 1.01 bits per heavy atom.